The van der Waals surface area contributed by atoms with Gasteiger partial charge in [-0.25, -0.2) is 9.97 Å². The number of carbonyl (C=O) groups excluding carboxylic acids is 2. The van der Waals surface area contributed by atoms with E-state index in [-0.39, 0.29) is 35.1 Å². The maximum absolute atomic E-state index is 14.0. The van der Waals surface area contributed by atoms with Crippen LogP contribution in [0.1, 0.15) is 70.4 Å². The van der Waals surface area contributed by atoms with Gasteiger partial charge < -0.3 is 24.2 Å². The van der Waals surface area contributed by atoms with Gasteiger partial charge in [-0.3, -0.25) is 9.59 Å². The van der Waals surface area contributed by atoms with Gasteiger partial charge in [-0.05, 0) is 61.6 Å². The minimum Gasteiger partial charge on any atom is -0.657 e. The summed E-state index contributed by atoms with van der Waals surface area (Å²) in [6, 6.07) is 5.74. The number of hydrogen-bond donors (Lipinski definition) is 0. The molecule has 10 heteroatoms. The van der Waals surface area contributed by atoms with E-state index >= 15 is 0 Å². The summed E-state index contributed by atoms with van der Waals surface area (Å²) in [6.45, 7) is 15.9. The van der Waals surface area contributed by atoms with Crippen LogP contribution in [-0.2, 0) is 23.8 Å². The summed E-state index contributed by atoms with van der Waals surface area (Å²) in [5, 5.41) is 0. The van der Waals surface area contributed by atoms with E-state index in [0.29, 0.717) is 44.6 Å². The molecule has 2 saturated heterocycles. The topological polar surface area (TPSA) is 122 Å². The Bertz CT molecular complexity index is 2240. The molecular formula is C36H28MgN4O5. The number of hydrogen-bond acceptors (Lipinski definition) is 7. The van der Waals surface area contributed by atoms with Crippen LogP contribution in [-0.4, -0.2) is 64.0 Å². The number of ketones is 1. The minimum atomic E-state index is -1.21. The number of methoxy groups -OCH3 is 1. The van der Waals surface area contributed by atoms with E-state index in [1.54, 1.807) is 12.2 Å². The van der Waals surface area contributed by atoms with Crippen LogP contribution in [0, 0.1) is 13.8 Å². The molecule has 224 valence electrons. The Kier molecular flexibility index (Phi) is 6.81. The van der Waals surface area contributed by atoms with Crippen molar-refractivity contribution < 1.29 is 23.8 Å². The zero-order chi connectivity index (χ0) is 31.5. The van der Waals surface area contributed by atoms with Crippen molar-refractivity contribution in [2.75, 3.05) is 7.11 Å². The Balaban J connectivity index is 0.00000338. The van der Waals surface area contributed by atoms with Gasteiger partial charge in [0.2, 0.25) is 12.1 Å². The average molecular weight is 621 g/mol. The van der Waals surface area contributed by atoms with Crippen LogP contribution < -0.4 is 9.97 Å². The SMILES string of the molecule is C=CC1=C(C)c2cc3[n-]c(c(/C=C/C45OC4O5)c3C)c3c4nc(cc5[n-]c(cc1n2)c(C)c5C=C)C(C)=C4C(=O)[C@@H]3C(=O)OC.[Mg+2]. The fourth-order valence-electron chi connectivity index (χ4n) is 6.58. The van der Waals surface area contributed by atoms with Crippen LogP contribution in [0.3, 0.4) is 0 Å². The summed E-state index contributed by atoms with van der Waals surface area (Å²) in [5.74, 6) is -2.96. The molecule has 1 aliphatic carbocycles. The van der Waals surface area contributed by atoms with Crippen molar-refractivity contribution in [2.45, 2.75) is 45.7 Å². The van der Waals surface area contributed by atoms with Crippen molar-refractivity contribution in [3.63, 3.8) is 0 Å². The number of Topliss-reactive ketones (excluding diaryl/α,β-unsaturated/α-hetero) is 1. The standard InChI is InChI=1S/C36H29N4O5.Mg/c1-8-19-15(3)22-12-24-17(5)21(10-11-36-35(44-36)45-36)31(39-24)29-30(34(42)43-7)33(41)28-18(6)25(40-32(28)29)14-27-20(9-2)16(4)23(38-27)13-26(19)37-22;/h8-14,30,35H,1-2H2,3-7H3,(H-,37,38,39,40,41);/q-1;+2/p-1/b11-10+,22-12?,23-13?,24-12?,25-14?,26-13?,27-14?,31-29?;/t30-,35?,36?;/m1./s1. The van der Waals surface area contributed by atoms with Crippen molar-refractivity contribution in [3.8, 4) is 0 Å². The number of ether oxygens (including phenoxy) is 3. The largest absolute Gasteiger partial charge is 2.00 e. The van der Waals surface area contributed by atoms with Crippen LogP contribution in [0.4, 0.5) is 0 Å². The smallest absolute Gasteiger partial charge is 0.657 e. The molecule has 0 aromatic carbocycles. The van der Waals surface area contributed by atoms with Crippen molar-refractivity contribution in [1.82, 2.24) is 19.9 Å². The van der Waals surface area contributed by atoms with E-state index in [2.05, 4.69) is 13.2 Å². The Morgan fingerprint density at radius 3 is 2.20 bits per heavy atom. The molecule has 5 aliphatic rings. The van der Waals surface area contributed by atoms with Gasteiger partial charge in [-0.2, -0.15) is 0 Å². The van der Waals surface area contributed by atoms with Crippen LogP contribution >= 0.6 is 0 Å². The van der Waals surface area contributed by atoms with Gasteiger partial charge in [0.05, 0.1) is 29.9 Å². The van der Waals surface area contributed by atoms with Crippen molar-refractivity contribution >= 4 is 91.3 Å². The van der Waals surface area contributed by atoms with E-state index < -0.39 is 17.7 Å². The number of epoxide rings is 2. The van der Waals surface area contributed by atoms with Crippen LogP contribution in [0.5, 0.6) is 0 Å². The summed E-state index contributed by atoms with van der Waals surface area (Å²) in [7, 11) is 1.28. The van der Waals surface area contributed by atoms with Gasteiger partial charge in [-0.15, -0.1) is 22.1 Å². The Labute approximate surface area is 280 Å². The quantitative estimate of drug-likeness (QED) is 0.159. The fraction of sp³-hybridized carbons (Fsp3) is 0.222. The third-order valence-corrected chi connectivity index (χ3v) is 9.37. The monoisotopic (exact) mass is 620 g/mol. The van der Waals surface area contributed by atoms with E-state index in [1.807, 2.05) is 58.0 Å². The predicted molar refractivity (Wildman–Crippen MR) is 177 cm³/mol. The number of esters is 1. The summed E-state index contributed by atoms with van der Waals surface area (Å²) < 4.78 is 16.1. The van der Waals surface area contributed by atoms with E-state index in [0.717, 1.165) is 50.3 Å². The van der Waals surface area contributed by atoms with Crippen LogP contribution in [0.2, 0.25) is 0 Å². The second-order valence-electron chi connectivity index (χ2n) is 11.8. The molecule has 46 heavy (non-hydrogen) atoms. The van der Waals surface area contributed by atoms with E-state index in [4.69, 9.17) is 34.1 Å². The first-order valence-corrected chi connectivity index (χ1v) is 14.6. The van der Waals surface area contributed by atoms with Crippen LogP contribution in [0.25, 0.3) is 56.5 Å². The fourth-order valence-corrected chi connectivity index (χ4v) is 6.58. The molecule has 8 bridgehead atoms. The molecule has 1 atom stereocenters. The zero-order valence-electron chi connectivity index (χ0n) is 26.1. The molecule has 8 rings (SSSR count). The van der Waals surface area contributed by atoms with Crippen LogP contribution in [0.15, 0.2) is 43.5 Å². The molecule has 0 N–H and O–H groups in total. The first kappa shape index (κ1) is 30.3. The van der Waals surface area contributed by atoms with Gasteiger partial charge >= 0.3 is 29.0 Å². The van der Waals surface area contributed by atoms with Gasteiger partial charge in [0, 0.05) is 11.1 Å². The number of allylic oxidation sites excluding steroid dienone is 5. The molecule has 3 aromatic rings. The first-order valence-electron chi connectivity index (χ1n) is 14.6. The Hall–Kier alpha value is -4.35. The van der Waals surface area contributed by atoms with Gasteiger partial charge in [0.25, 0.3) is 0 Å². The Morgan fingerprint density at radius 1 is 0.913 bits per heavy atom. The number of carbonyl (C=O) groups is 2. The zero-order valence-corrected chi connectivity index (χ0v) is 27.6. The molecule has 4 aliphatic heterocycles. The molecule has 7 heterocycles. The molecule has 0 radical (unpaired) electrons. The molecule has 2 fully saturated rings. The summed E-state index contributed by atoms with van der Waals surface area (Å²) in [6.07, 6.45) is 7.07. The Morgan fingerprint density at radius 2 is 1.54 bits per heavy atom. The average Bonchev–Trinajstić information content (AvgIpc) is 3.61. The first-order chi connectivity index (χ1) is 21.6. The maximum Gasteiger partial charge on any atom is 2.00 e. The van der Waals surface area contributed by atoms with Crippen molar-refractivity contribution in [1.29, 1.82) is 0 Å². The number of nitrogens with zero attached hydrogens (tertiary/aromatic N) is 4. The molecule has 9 nitrogen and oxygen atoms in total. The van der Waals surface area contributed by atoms with Gasteiger partial charge in [0.1, 0.15) is 5.92 Å². The van der Waals surface area contributed by atoms with Crippen molar-refractivity contribution in [3.05, 3.63) is 94.1 Å². The minimum absolute atomic E-state index is 0. The second-order valence-corrected chi connectivity index (χ2v) is 11.8. The molecular weight excluding hydrogens is 593 g/mol. The van der Waals surface area contributed by atoms with Gasteiger partial charge in [0.15, 0.2) is 5.78 Å². The predicted octanol–water partition coefficient (Wildman–Crippen LogP) is 5.43. The molecule has 3 aromatic heterocycles. The number of fused-ring (bicyclic) bond motifs is 9. The number of aromatic nitrogens is 4. The maximum atomic E-state index is 14.0. The third-order valence-electron chi connectivity index (χ3n) is 9.37. The van der Waals surface area contributed by atoms with E-state index in [9.17, 15) is 9.59 Å². The molecule has 0 spiro atoms. The molecule has 0 unspecified atom stereocenters. The van der Waals surface area contributed by atoms with Crippen molar-refractivity contribution in [2.24, 2.45) is 0 Å². The summed E-state index contributed by atoms with van der Waals surface area (Å²) in [4.78, 5) is 47.3. The third kappa shape index (κ3) is 4.14. The summed E-state index contributed by atoms with van der Waals surface area (Å²) >= 11 is 0. The number of rotatable bonds is 5. The second kappa shape index (κ2) is 10.3. The molecule has 0 saturated carbocycles. The molecule has 0 amide bonds. The van der Waals surface area contributed by atoms with Gasteiger partial charge in [-0.1, -0.05) is 60.7 Å². The normalized spacial score (nSPS) is 22.2. The number of aryl methyl sites for hydroxylation is 2. The van der Waals surface area contributed by atoms with E-state index in [1.165, 1.54) is 7.11 Å². The summed E-state index contributed by atoms with van der Waals surface area (Å²) in [5.41, 5.74) is 11.7.